The molecule has 0 N–H and O–H groups in total. The lowest BCUT2D eigenvalue weighted by Crippen LogP contribution is -1.99. The highest BCUT2D eigenvalue weighted by Gasteiger charge is 2.26. The van der Waals surface area contributed by atoms with Gasteiger partial charge < -0.3 is 0 Å². The summed E-state index contributed by atoms with van der Waals surface area (Å²) in [6, 6.07) is 61.7. The maximum absolute atomic E-state index is 2.31. The fourth-order valence-corrected chi connectivity index (χ4v) is 6.73. The first-order valence-corrected chi connectivity index (χ1v) is 14.5. The molecule has 8 aromatic rings. The predicted octanol–water partition coefficient (Wildman–Crippen LogP) is 11.8. The molecule has 0 heterocycles. The normalized spacial score (nSPS) is 11.3. The smallest absolute Gasteiger partial charge is 0.000741 e. The van der Waals surface area contributed by atoms with Crippen LogP contribution in [0.4, 0.5) is 0 Å². The van der Waals surface area contributed by atoms with E-state index in [-0.39, 0.29) is 0 Å². The third-order valence-corrected chi connectivity index (χ3v) is 8.43. The Kier molecular flexibility index (Phi) is 5.90. The van der Waals surface area contributed by atoms with Crippen molar-refractivity contribution in [2.75, 3.05) is 0 Å². The standard InChI is InChI=1S/C42H28/c1-5-17-29(18-6-1)37-38(30-19-7-2-8-20-30)40(32-23-11-4-12-24-32)42-36-28-16-14-26-34(36)33-25-13-15-27-35(33)41(42)39(37)31-21-9-3-10-22-31/h1-28H. The molecule has 0 bridgehead atoms. The van der Waals surface area contributed by atoms with Gasteiger partial charge in [0.05, 0.1) is 0 Å². The zero-order valence-electron chi connectivity index (χ0n) is 23.2. The monoisotopic (exact) mass is 532 g/mol. The minimum Gasteiger partial charge on any atom is -0.0622 e. The molecular weight excluding hydrogens is 504 g/mol. The van der Waals surface area contributed by atoms with Crippen LogP contribution in [-0.2, 0) is 0 Å². The van der Waals surface area contributed by atoms with Gasteiger partial charge in [-0.05, 0) is 76.8 Å². The summed E-state index contributed by atoms with van der Waals surface area (Å²) < 4.78 is 0. The lowest BCUT2D eigenvalue weighted by atomic mass is 9.76. The topological polar surface area (TPSA) is 0 Å². The van der Waals surface area contributed by atoms with E-state index >= 15 is 0 Å². The Hall–Kier alpha value is -5.46. The van der Waals surface area contributed by atoms with E-state index in [1.165, 1.54) is 76.8 Å². The molecule has 0 aliphatic rings. The van der Waals surface area contributed by atoms with Gasteiger partial charge in [-0.25, -0.2) is 0 Å². The highest BCUT2D eigenvalue weighted by atomic mass is 14.3. The fraction of sp³-hybridized carbons (Fsp3) is 0. The van der Waals surface area contributed by atoms with Crippen LogP contribution in [0.2, 0.25) is 0 Å². The molecule has 0 radical (unpaired) electrons. The quantitative estimate of drug-likeness (QED) is 0.198. The molecule has 0 nitrogen and oxygen atoms in total. The Morgan fingerprint density at radius 3 is 0.738 bits per heavy atom. The highest BCUT2D eigenvalue weighted by molar-refractivity contribution is 6.35. The average Bonchev–Trinajstić information content (AvgIpc) is 3.09. The summed E-state index contributed by atoms with van der Waals surface area (Å²) in [4.78, 5) is 0. The molecule has 0 aromatic heterocycles. The second-order valence-corrected chi connectivity index (χ2v) is 10.8. The Morgan fingerprint density at radius 1 is 0.190 bits per heavy atom. The van der Waals surface area contributed by atoms with Crippen molar-refractivity contribution in [3.05, 3.63) is 170 Å². The van der Waals surface area contributed by atoms with Gasteiger partial charge in [0.2, 0.25) is 0 Å². The summed E-state index contributed by atoms with van der Waals surface area (Å²) >= 11 is 0. The number of hydrogen-bond donors (Lipinski definition) is 0. The summed E-state index contributed by atoms with van der Waals surface area (Å²) in [5.74, 6) is 0. The Balaban J connectivity index is 1.78. The van der Waals surface area contributed by atoms with Crippen molar-refractivity contribution in [1.29, 1.82) is 0 Å². The molecule has 0 saturated carbocycles. The zero-order chi connectivity index (χ0) is 27.9. The van der Waals surface area contributed by atoms with Gasteiger partial charge in [0.25, 0.3) is 0 Å². The van der Waals surface area contributed by atoms with E-state index in [0.717, 1.165) is 0 Å². The minimum atomic E-state index is 1.21. The molecule has 0 unspecified atom stereocenters. The van der Waals surface area contributed by atoms with Crippen molar-refractivity contribution in [3.63, 3.8) is 0 Å². The van der Waals surface area contributed by atoms with Crippen molar-refractivity contribution >= 4 is 32.3 Å². The molecule has 0 aliphatic carbocycles. The van der Waals surface area contributed by atoms with Gasteiger partial charge >= 0.3 is 0 Å². The molecule has 0 amide bonds. The van der Waals surface area contributed by atoms with E-state index < -0.39 is 0 Å². The molecule has 0 spiro atoms. The third-order valence-electron chi connectivity index (χ3n) is 8.43. The lowest BCUT2D eigenvalue weighted by Gasteiger charge is -2.26. The molecule has 42 heavy (non-hydrogen) atoms. The first kappa shape index (κ1) is 24.3. The van der Waals surface area contributed by atoms with Crippen LogP contribution in [0, 0.1) is 0 Å². The highest BCUT2D eigenvalue weighted by Crippen LogP contribution is 2.54. The van der Waals surface area contributed by atoms with Gasteiger partial charge in [-0.1, -0.05) is 170 Å². The molecule has 8 rings (SSSR count). The van der Waals surface area contributed by atoms with E-state index in [1.807, 2.05) is 0 Å². The maximum atomic E-state index is 2.31. The Morgan fingerprint density at radius 2 is 0.429 bits per heavy atom. The summed E-state index contributed by atoms with van der Waals surface area (Å²) in [6.07, 6.45) is 0. The van der Waals surface area contributed by atoms with Gasteiger partial charge in [-0.15, -0.1) is 0 Å². The zero-order valence-corrected chi connectivity index (χ0v) is 23.2. The molecule has 0 heteroatoms. The SMILES string of the molecule is c1ccc(-c2c(-c3ccccc3)c(-c3ccccc3)c3c4ccccc4c4ccccc4c3c2-c2ccccc2)cc1. The van der Waals surface area contributed by atoms with Gasteiger partial charge in [-0.3, -0.25) is 0 Å². The van der Waals surface area contributed by atoms with Crippen LogP contribution < -0.4 is 0 Å². The van der Waals surface area contributed by atoms with Crippen molar-refractivity contribution in [2.24, 2.45) is 0 Å². The number of rotatable bonds is 4. The first-order valence-electron chi connectivity index (χ1n) is 14.5. The molecule has 8 aromatic carbocycles. The van der Waals surface area contributed by atoms with E-state index in [1.54, 1.807) is 0 Å². The van der Waals surface area contributed by atoms with Crippen LogP contribution in [0.5, 0.6) is 0 Å². The van der Waals surface area contributed by atoms with Crippen molar-refractivity contribution in [2.45, 2.75) is 0 Å². The predicted molar refractivity (Wildman–Crippen MR) is 181 cm³/mol. The number of fused-ring (bicyclic) bond motifs is 6. The van der Waals surface area contributed by atoms with Gasteiger partial charge in [0.15, 0.2) is 0 Å². The van der Waals surface area contributed by atoms with E-state index in [9.17, 15) is 0 Å². The largest absolute Gasteiger partial charge is 0.0622 e. The van der Waals surface area contributed by atoms with Crippen LogP contribution in [0.3, 0.4) is 0 Å². The second-order valence-electron chi connectivity index (χ2n) is 10.8. The van der Waals surface area contributed by atoms with Gasteiger partial charge in [0.1, 0.15) is 0 Å². The molecule has 0 aliphatic heterocycles. The van der Waals surface area contributed by atoms with E-state index in [2.05, 4.69) is 170 Å². The Bertz CT molecular complexity index is 2030. The van der Waals surface area contributed by atoms with Crippen molar-refractivity contribution in [1.82, 2.24) is 0 Å². The van der Waals surface area contributed by atoms with Gasteiger partial charge in [0, 0.05) is 0 Å². The molecular formula is C42H28. The summed E-state index contributed by atoms with van der Waals surface area (Å²) in [7, 11) is 0. The summed E-state index contributed by atoms with van der Waals surface area (Å²) in [5, 5.41) is 7.71. The van der Waals surface area contributed by atoms with Crippen LogP contribution in [0.15, 0.2) is 170 Å². The molecule has 0 atom stereocenters. The first-order chi connectivity index (χ1) is 20.9. The maximum Gasteiger partial charge on any atom is -0.000741 e. The Labute approximate surface area is 246 Å². The summed E-state index contributed by atoms with van der Waals surface area (Å²) in [6.45, 7) is 0. The van der Waals surface area contributed by atoms with Crippen LogP contribution in [0.1, 0.15) is 0 Å². The van der Waals surface area contributed by atoms with Crippen molar-refractivity contribution < 1.29 is 0 Å². The second kappa shape index (κ2) is 10.2. The molecule has 0 saturated heterocycles. The fourth-order valence-electron chi connectivity index (χ4n) is 6.73. The van der Waals surface area contributed by atoms with Crippen LogP contribution >= 0.6 is 0 Å². The number of hydrogen-bond acceptors (Lipinski definition) is 0. The van der Waals surface area contributed by atoms with E-state index in [0.29, 0.717) is 0 Å². The molecule has 0 fully saturated rings. The summed E-state index contributed by atoms with van der Waals surface area (Å²) in [5.41, 5.74) is 9.95. The van der Waals surface area contributed by atoms with E-state index in [4.69, 9.17) is 0 Å². The minimum absolute atomic E-state index is 1.21. The average molecular weight is 533 g/mol. The molecule has 196 valence electrons. The van der Waals surface area contributed by atoms with Crippen LogP contribution in [0.25, 0.3) is 76.8 Å². The lowest BCUT2D eigenvalue weighted by molar-refractivity contribution is 1.57. The third kappa shape index (κ3) is 3.84. The van der Waals surface area contributed by atoms with Crippen molar-refractivity contribution in [3.8, 4) is 44.5 Å². The van der Waals surface area contributed by atoms with Crippen LogP contribution in [-0.4, -0.2) is 0 Å². The number of benzene rings is 8. The van der Waals surface area contributed by atoms with Gasteiger partial charge in [-0.2, -0.15) is 0 Å².